The van der Waals surface area contributed by atoms with Gasteiger partial charge in [-0.15, -0.1) is 0 Å². The number of hydrogen-bond acceptors (Lipinski definition) is 6. The van der Waals surface area contributed by atoms with Crippen LogP contribution in [0.25, 0.3) is 0 Å². The number of rotatable bonds is 5. The molecule has 1 amide bonds. The van der Waals surface area contributed by atoms with Crippen LogP contribution in [-0.4, -0.2) is 38.2 Å². The number of hydrogen-bond donors (Lipinski definition) is 1. The third-order valence-electron chi connectivity index (χ3n) is 4.54. The molecule has 0 saturated carbocycles. The van der Waals surface area contributed by atoms with Crippen molar-refractivity contribution in [3.63, 3.8) is 0 Å². The van der Waals surface area contributed by atoms with Gasteiger partial charge < -0.3 is 19.5 Å². The van der Waals surface area contributed by atoms with Gasteiger partial charge in [0.15, 0.2) is 6.61 Å². The summed E-state index contributed by atoms with van der Waals surface area (Å²) in [5.74, 6) is -1.37. The van der Waals surface area contributed by atoms with E-state index >= 15 is 0 Å². The van der Waals surface area contributed by atoms with Crippen molar-refractivity contribution in [3.05, 3.63) is 58.1 Å². The molecule has 7 nitrogen and oxygen atoms in total. The summed E-state index contributed by atoms with van der Waals surface area (Å²) in [6.45, 7) is 1.51. The van der Waals surface area contributed by atoms with Gasteiger partial charge in [0, 0.05) is 10.7 Å². The van der Waals surface area contributed by atoms with Gasteiger partial charge in [-0.25, -0.2) is 4.79 Å². The Morgan fingerprint density at radius 3 is 2.76 bits per heavy atom. The van der Waals surface area contributed by atoms with Crippen molar-refractivity contribution >= 4 is 35.1 Å². The molecular formula is C21H20ClNO6. The average molecular weight is 418 g/mol. The smallest absolute Gasteiger partial charge is 0.337 e. The van der Waals surface area contributed by atoms with E-state index in [2.05, 4.69) is 10.1 Å². The maximum absolute atomic E-state index is 12.3. The van der Waals surface area contributed by atoms with Crippen LogP contribution >= 0.6 is 11.6 Å². The van der Waals surface area contributed by atoms with Crippen LogP contribution in [0.5, 0.6) is 5.75 Å². The number of methoxy groups -OCH3 is 1. The minimum Gasteiger partial charge on any atom is -0.492 e. The summed E-state index contributed by atoms with van der Waals surface area (Å²) >= 11 is 5.98. The zero-order valence-electron chi connectivity index (χ0n) is 16.0. The fourth-order valence-corrected chi connectivity index (χ4v) is 3.15. The minimum absolute atomic E-state index is 0.176. The Labute approximate surface area is 172 Å². The van der Waals surface area contributed by atoms with Gasteiger partial charge >= 0.3 is 11.9 Å². The average Bonchev–Trinajstić information content (AvgIpc) is 2.72. The third kappa shape index (κ3) is 5.06. The number of aryl methyl sites for hydroxylation is 1. The van der Waals surface area contributed by atoms with E-state index in [9.17, 15) is 14.4 Å². The lowest BCUT2D eigenvalue weighted by Crippen LogP contribution is -2.32. The van der Waals surface area contributed by atoms with Gasteiger partial charge in [0.05, 0.1) is 18.6 Å². The largest absolute Gasteiger partial charge is 0.492 e. The van der Waals surface area contributed by atoms with Gasteiger partial charge in [-0.3, -0.25) is 9.59 Å². The molecule has 0 bridgehead atoms. The Morgan fingerprint density at radius 2 is 2.00 bits per heavy atom. The molecule has 0 spiro atoms. The fraction of sp³-hybridized carbons (Fsp3) is 0.286. The van der Waals surface area contributed by atoms with Crippen LogP contribution in [-0.2, 0) is 25.5 Å². The van der Waals surface area contributed by atoms with Crippen LogP contribution in [0.1, 0.15) is 21.5 Å². The number of benzene rings is 2. The molecule has 3 rings (SSSR count). The van der Waals surface area contributed by atoms with Crippen molar-refractivity contribution < 1.29 is 28.6 Å². The van der Waals surface area contributed by atoms with Crippen LogP contribution in [0.15, 0.2) is 36.4 Å². The first-order chi connectivity index (χ1) is 13.9. The maximum atomic E-state index is 12.3. The number of ether oxygens (including phenoxy) is 3. The molecule has 2 aromatic rings. The molecule has 0 radical (unpaired) electrons. The number of anilines is 1. The van der Waals surface area contributed by atoms with Crippen LogP contribution in [0.3, 0.4) is 0 Å². The highest BCUT2D eigenvalue weighted by molar-refractivity contribution is 6.30. The molecule has 8 heteroatoms. The van der Waals surface area contributed by atoms with E-state index in [1.807, 2.05) is 0 Å². The van der Waals surface area contributed by atoms with E-state index < -0.39 is 30.4 Å². The summed E-state index contributed by atoms with van der Waals surface area (Å²) < 4.78 is 15.4. The highest BCUT2D eigenvalue weighted by Gasteiger charge is 2.28. The van der Waals surface area contributed by atoms with Crippen LogP contribution in [0, 0.1) is 12.8 Å². The highest BCUT2D eigenvalue weighted by atomic mass is 35.5. The lowest BCUT2D eigenvalue weighted by atomic mass is 9.97. The van der Waals surface area contributed by atoms with Gasteiger partial charge in [0.1, 0.15) is 12.4 Å². The van der Waals surface area contributed by atoms with Gasteiger partial charge in [0.25, 0.3) is 5.91 Å². The monoisotopic (exact) mass is 417 g/mol. The van der Waals surface area contributed by atoms with Crippen molar-refractivity contribution in [2.45, 2.75) is 13.3 Å². The number of esters is 2. The van der Waals surface area contributed by atoms with Crippen molar-refractivity contribution in [3.8, 4) is 5.75 Å². The predicted molar refractivity (Wildman–Crippen MR) is 106 cm³/mol. The molecule has 1 aliphatic heterocycles. The molecule has 0 fully saturated rings. The van der Waals surface area contributed by atoms with Crippen LogP contribution in [0.4, 0.5) is 5.69 Å². The molecule has 2 aromatic carbocycles. The van der Waals surface area contributed by atoms with Gasteiger partial charge in [0.2, 0.25) is 0 Å². The number of halogens is 1. The SMILES string of the molecule is COC(=O)c1ccc(C)c(NC(=O)COC(=O)[C@H]2COc3ccc(Cl)cc3C2)c1. The molecular weight excluding hydrogens is 398 g/mol. The standard InChI is InChI=1S/C21H20ClNO6/c1-12-3-4-13(20(25)27-2)9-17(12)23-19(24)11-29-21(26)15-7-14-8-16(22)5-6-18(14)28-10-15/h3-6,8-9,15H,7,10-11H2,1-2H3,(H,23,24)/t15-/m1/s1. The number of nitrogens with one attached hydrogen (secondary N) is 1. The Kier molecular flexibility index (Phi) is 6.39. The Bertz CT molecular complexity index is 958. The molecule has 0 aromatic heterocycles. The Balaban J connectivity index is 1.56. The molecule has 1 atom stereocenters. The Hall–Kier alpha value is -3.06. The highest BCUT2D eigenvalue weighted by Crippen LogP contribution is 2.30. The van der Waals surface area contributed by atoms with Gasteiger partial charge in [-0.05, 0) is 54.8 Å². The lowest BCUT2D eigenvalue weighted by Gasteiger charge is -2.24. The fourth-order valence-electron chi connectivity index (χ4n) is 2.96. The topological polar surface area (TPSA) is 90.9 Å². The molecule has 152 valence electrons. The first kappa shape index (κ1) is 20.7. The van der Waals surface area contributed by atoms with Crippen molar-refractivity contribution in [2.75, 3.05) is 25.6 Å². The molecule has 29 heavy (non-hydrogen) atoms. The van der Waals surface area contributed by atoms with Crippen molar-refractivity contribution in [1.82, 2.24) is 0 Å². The summed E-state index contributed by atoms with van der Waals surface area (Å²) in [5.41, 5.74) is 2.33. The molecule has 0 aliphatic carbocycles. The van der Waals surface area contributed by atoms with Crippen LogP contribution < -0.4 is 10.1 Å². The maximum Gasteiger partial charge on any atom is 0.337 e. The summed E-state index contributed by atoms with van der Waals surface area (Å²) in [6.07, 6.45) is 0.427. The Morgan fingerprint density at radius 1 is 1.21 bits per heavy atom. The van der Waals surface area contributed by atoms with Crippen molar-refractivity contribution in [1.29, 1.82) is 0 Å². The number of fused-ring (bicyclic) bond motifs is 1. The summed E-state index contributed by atoms with van der Waals surface area (Å²) in [6, 6.07) is 10.0. The second kappa shape index (κ2) is 8.96. The number of carbonyl (C=O) groups excluding carboxylic acids is 3. The van der Waals surface area contributed by atoms with E-state index in [4.69, 9.17) is 21.1 Å². The van der Waals surface area contributed by atoms with Gasteiger partial charge in [-0.2, -0.15) is 0 Å². The molecule has 0 unspecified atom stereocenters. The molecule has 1 heterocycles. The van der Waals surface area contributed by atoms with Gasteiger partial charge in [-0.1, -0.05) is 17.7 Å². The second-order valence-electron chi connectivity index (χ2n) is 6.64. The van der Waals surface area contributed by atoms with E-state index in [0.29, 0.717) is 28.4 Å². The number of carbonyl (C=O) groups is 3. The molecule has 1 N–H and O–H groups in total. The molecule has 1 aliphatic rings. The lowest BCUT2D eigenvalue weighted by molar-refractivity contribution is -0.152. The second-order valence-corrected chi connectivity index (χ2v) is 7.08. The van der Waals surface area contributed by atoms with E-state index in [-0.39, 0.29) is 6.61 Å². The predicted octanol–water partition coefficient (Wildman–Crippen LogP) is 3.17. The van der Waals surface area contributed by atoms with Crippen LogP contribution in [0.2, 0.25) is 5.02 Å². The zero-order valence-corrected chi connectivity index (χ0v) is 16.7. The minimum atomic E-state index is -0.522. The van der Waals surface area contributed by atoms with Crippen molar-refractivity contribution in [2.24, 2.45) is 5.92 Å². The quantitative estimate of drug-likeness (QED) is 0.751. The van der Waals surface area contributed by atoms with E-state index in [0.717, 1.165) is 11.1 Å². The molecule has 0 saturated heterocycles. The first-order valence-electron chi connectivity index (χ1n) is 8.94. The summed E-state index contributed by atoms with van der Waals surface area (Å²) in [4.78, 5) is 36.2. The summed E-state index contributed by atoms with van der Waals surface area (Å²) in [5, 5.41) is 3.20. The normalized spacial score (nSPS) is 14.9. The first-order valence-corrected chi connectivity index (χ1v) is 9.32. The van der Waals surface area contributed by atoms with E-state index in [1.54, 1.807) is 37.3 Å². The number of amides is 1. The summed E-state index contributed by atoms with van der Waals surface area (Å²) in [7, 11) is 1.28. The third-order valence-corrected chi connectivity index (χ3v) is 4.78. The zero-order chi connectivity index (χ0) is 21.0. The van der Waals surface area contributed by atoms with E-state index in [1.165, 1.54) is 13.2 Å².